The molecule has 0 atom stereocenters. The van der Waals surface area contributed by atoms with Gasteiger partial charge in [-0.1, -0.05) is 6.42 Å². The van der Waals surface area contributed by atoms with Crippen LogP contribution in [0.2, 0.25) is 0 Å². The number of nitrogens with zero attached hydrogens (tertiary/aromatic N) is 3. The van der Waals surface area contributed by atoms with Gasteiger partial charge in [0.05, 0.1) is 0 Å². The van der Waals surface area contributed by atoms with Crippen LogP contribution >= 0.6 is 0 Å². The summed E-state index contributed by atoms with van der Waals surface area (Å²) in [7, 11) is 0. The Kier molecular flexibility index (Phi) is 2.59. The lowest BCUT2D eigenvalue weighted by Crippen LogP contribution is -2.00. The summed E-state index contributed by atoms with van der Waals surface area (Å²) in [6.45, 7) is 4.10. The van der Waals surface area contributed by atoms with Crippen LogP contribution < -0.4 is 0 Å². The Morgan fingerprint density at radius 3 is 2.78 bits per heavy atom. The molecule has 0 radical (unpaired) electrons. The van der Waals surface area contributed by atoms with Gasteiger partial charge in [-0.3, -0.25) is 0 Å². The van der Waals surface area contributed by atoms with E-state index in [1.165, 1.54) is 36.2 Å². The Hall–Kier alpha value is -1.82. The average molecular weight is 239 g/mol. The zero-order valence-electron chi connectivity index (χ0n) is 11.0. The fourth-order valence-electron chi connectivity index (χ4n) is 3.13. The third kappa shape index (κ3) is 1.53. The Balaban J connectivity index is 2.42. The SMILES string of the molecule is Cc1cc(C)n2c3c(c(C#N)c2n1)CCCCC3. The minimum atomic E-state index is 0.804. The summed E-state index contributed by atoms with van der Waals surface area (Å²) in [6.07, 6.45) is 5.78. The summed E-state index contributed by atoms with van der Waals surface area (Å²) in [4.78, 5) is 4.58. The molecule has 0 bridgehead atoms. The molecule has 0 fully saturated rings. The molecule has 1 aliphatic rings. The molecule has 3 heteroatoms. The van der Waals surface area contributed by atoms with Crippen LogP contribution in [0.15, 0.2) is 6.07 Å². The minimum absolute atomic E-state index is 0.804. The maximum absolute atomic E-state index is 9.45. The molecular formula is C15H17N3. The molecule has 3 rings (SSSR count). The van der Waals surface area contributed by atoms with Crippen LogP contribution in [0.3, 0.4) is 0 Å². The number of rotatable bonds is 0. The molecule has 0 amide bonds. The number of hydrogen-bond donors (Lipinski definition) is 0. The van der Waals surface area contributed by atoms with Gasteiger partial charge in [-0.05, 0) is 51.2 Å². The Bertz CT molecular complexity index is 659. The van der Waals surface area contributed by atoms with Crippen molar-refractivity contribution in [2.75, 3.05) is 0 Å². The van der Waals surface area contributed by atoms with Crippen molar-refractivity contribution in [2.24, 2.45) is 0 Å². The van der Waals surface area contributed by atoms with Crippen LogP contribution in [-0.2, 0) is 12.8 Å². The number of hydrogen-bond acceptors (Lipinski definition) is 2. The summed E-state index contributed by atoms with van der Waals surface area (Å²) >= 11 is 0. The second kappa shape index (κ2) is 4.13. The van der Waals surface area contributed by atoms with Crippen molar-refractivity contribution < 1.29 is 0 Å². The molecular weight excluding hydrogens is 222 g/mol. The predicted octanol–water partition coefficient (Wildman–Crippen LogP) is 3.09. The van der Waals surface area contributed by atoms with Crippen LogP contribution in [0.5, 0.6) is 0 Å². The summed E-state index contributed by atoms with van der Waals surface area (Å²) in [5.74, 6) is 0. The highest BCUT2D eigenvalue weighted by atomic mass is 15.0. The molecule has 18 heavy (non-hydrogen) atoms. The van der Waals surface area contributed by atoms with Crippen molar-refractivity contribution in [3.8, 4) is 6.07 Å². The standard InChI is InChI=1S/C15H17N3/c1-10-8-11(2)18-14-7-5-3-4-6-12(14)13(9-16)15(18)17-10/h8H,3-7H2,1-2H3. The molecule has 0 saturated heterocycles. The zero-order valence-corrected chi connectivity index (χ0v) is 11.0. The second-order valence-corrected chi connectivity index (χ2v) is 5.17. The molecule has 3 nitrogen and oxygen atoms in total. The molecule has 2 aromatic rings. The molecule has 92 valence electrons. The fraction of sp³-hybridized carbons (Fsp3) is 0.467. The van der Waals surface area contributed by atoms with Gasteiger partial charge >= 0.3 is 0 Å². The van der Waals surface area contributed by atoms with Gasteiger partial charge in [0.2, 0.25) is 0 Å². The molecule has 0 saturated carbocycles. The van der Waals surface area contributed by atoms with Crippen LogP contribution in [0.25, 0.3) is 5.65 Å². The highest BCUT2D eigenvalue weighted by molar-refractivity contribution is 5.64. The molecule has 2 heterocycles. The first-order valence-electron chi connectivity index (χ1n) is 6.63. The van der Waals surface area contributed by atoms with Gasteiger partial charge in [-0.25, -0.2) is 4.98 Å². The van der Waals surface area contributed by atoms with Crippen LogP contribution in [0, 0.1) is 25.2 Å². The van der Waals surface area contributed by atoms with Gasteiger partial charge in [-0.15, -0.1) is 0 Å². The molecule has 2 aromatic heterocycles. The van der Waals surface area contributed by atoms with E-state index in [0.29, 0.717) is 0 Å². The minimum Gasteiger partial charge on any atom is -0.301 e. The van der Waals surface area contributed by atoms with E-state index in [1.807, 2.05) is 6.92 Å². The van der Waals surface area contributed by atoms with E-state index in [-0.39, 0.29) is 0 Å². The maximum atomic E-state index is 9.45. The van der Waals surface area contributed by atoms with Crippen molar-refractivity contribution >= 4 is 5.65 Å². The lowest BCUT2D eigenvalue weighted by molar-refractivity contribution is 0.703. The van der Waals surface area contributed by atoms with Gasteiger partial charge in [0.1, 0.15) is 11.6 Å². The first-order chi connectivity index (χ1) is 8.72. The van der Waals surface area contributed by atoms with E-state index in [0.717, 1.165) is 29.7 Å². The Morgan fingerprint density at radius 2 is 2.00 bits per heavy atom. The van der Waals surface area contributed by atoms with Crippen LogP contribution in [0.1, 0.15) is 47.5 Å². The van der Waals surface area contributed by atoms with Gasteiger partial charge in [0.15, 0.2) is 5.65 Å². The van der Waals surface area contributed by atoms with E-state index in [9.17, 15) is 5.26 Å². The summed E-state index contributed by atoms with van der Waals surface area (Å²) in [6, 6.07) is 4.47. The quantitative estimate of drug-likeness (QED) is 0.663. The first-order valence-corrected chi connectivity index (χ1v) is 6.63. The number of aryl methyl sites for hydroxylation is 3. The summed E-state index contributed by atoms with van der Waals surface area (Å²) in [5, 5.41) is 9.45. The first kappa shape index (κ1) is 11.3. The average Bonchev–Trinajstić information content (AvgIpc) is 2.49. The van der Waals surface area contributed by atoms with E-state index in [2.05, 4.69) is 28.4 Å². The number of aromatic nitrogens is 2. The van der Waals surface area contributed by atoms with Gasteiger partial charge in [0.25, 0.3) is 0 Å². The smallest absolute Gasteiger partial charge is 0.155 e. The van der Waals surface area contributed by atoms with Crippen molar-refractivity contribution in [3.05, 3.63) is 34.3 Å². The van der Waals surface area contributed by atoms with Gasteiger partial charge in [0, 0.05) is 17.1 Å². The Morgan fingerprint density at radius 1 is 1.22 bits per heavy atom. The number of nitriles is 1. The maximum Gasteiger partial charge on any atom is 0.155 e. The Labute approximate surface area is 107 Å². The topological polar surface area (TPSA) is 41.1 Å². The molecule has 0 unspecified atom stereocenters. The van der Waals surface area contributed by atoms with Crippen molar-refractivity contribution in [2.45, 2.75) is 46.0 Å². The van der Waals surface area contributed by atoms with E-state index in [1.54, 1.807) is 0 Å². The third-order valence-corrected chi connectivity index (χ3v) is 3.86. The van der Waals surface area contributed by atoms with E-state index in [4.69, 9.17) is 0 Å². The van der Waals surface area contributed by atoms with E-state index >= 15 is 0 Å². The molecule has 0 spiro atoms. The molecule has 0 aliphatic heterocycles. The van der Waals surface area contributed by atoms with Crippen molar-refractivity contribution in [1.29, 1.82) is 5.26 Å². The van der Waals surface area contributed by atoms with Crippen LogP contribution in [-0.4, -0.2) is 9.38 Å². The molecule has 0 aromatic carbocycles. The zero-order chi connectivity index (χ0) is 12.7. The monoisotopic (exact) mass is 239 g/mol. The summed E-state index contributed by atoms with van der Waals surface area (Å²) in [5.41, 5.74) is 6.42. The molecule has 1 aliphatic carbocycles. The largest absolute Gasteiger partial charge is 0.301 e. The fourth-order valence-corrected chi connectivity index (χ4v) is 3.13. The highest BCUT2D eigenvalue weighted by Gasteiger charge is 2.21. The predicted molar refractivity (Wildman–Crippen MR) is 70.6 cm³/mol. The summed E-state index contributed by atoms with van der Waals surface area (Å²) < 4.78 is 2.20. The van der Waals surface area contributed by atoms with Crippen molar-refractivity contribution in [3.63, 3.8) is 0 Å². The highest BCUT2D eigenvalue weighted by Crippen LogP contribution is 2.29. The van der Waals surface area contributed by atoms with Crippen LogP contribution in [0.4, 0.5) is 0 Å². The normalized spacial score (nSPS) is 15.2. The third-order valence-electron chi connectivity index (χ3n) is 3.86. The van der Waals surface area contributed by atoms with Gasteiger partial charge < -0.3 is 4.40 Å². The van der Waals surface area contributed by atoms with Crippen molar-refractivity contribution in [1.82, 2.24) is 9.38 Å². The second-order valence-electron chi connectivity index (χ2n) is 5.17. The van der Waals surface area contributed by atoms with E-state index < -0.39 is 0 Å². The lowest BCUT2D eigenvalue weighted by atomic mass is 10.1. The molecule has 0 N–H and O–H groups in total. The number of fused-ring (bicyclic) bond motifs is 3. The van der Waals surface area contributed by atoms with Gasteiger partial charge in [-0.2, -0.15) is 5.26 Å². The lowest BCUT2D eigenvalue weighted by Gasteiger charge is -2.06.